The van der Waals surface area contributed by atoms with Crippen molar-refractivity contribution in [1.29, 1.82) is 0 Å². The average molecular weight is 389 g/mol. The Morgan fingerprint density at radius 2 is 1.82 bits per heavy atom. The Bertz CT molecular complexity index is 653. The van der Waals surface area contributed by atoms with Gasteiger partial charge in [0.25, 0.3) is 11.8 Å². The van der Waals surface area contributed by atoms with E-state index in [0.717, 1.165) is 32.4 Å². The summed E-state index contributed by atoms with van der Waals surface area (Å²) < 4.78 is 11.2. The number of morpholine rings is 1. The molecular weight excluding hydrogens is 356 g/mol. The fourth-order valence-electron chi connectivity index (χ4n) is 3.90. The molecule has 2 fully saturated rings. The Kier molecular flexibility index (Phi) is 7.31. The van der Waals surface area contributed by atoms with E-state index in [1.807, 2.05) is 9.80 Å². The molecule has 2 aliphatic heterocycles. The van der Waals surface area contributed by atoms with Crippen LogP contribution in [0.1, 0.15) is 49.9 Å². The quantitative estimate of drug-likeness (QED) is 0.752. The fraction of sp³-hybridized carbons (Fsp3) is 0.636. The molecule has 0 bridgehead atoms. The molecule has 0 aliphatic carbocycles. The van der Waals surface area contributed by atoms with Crippen molar-refractivity contribution in [3.63, 3.8) is 0 Å². The van der Waals surface area contributed by atoms with Gasteiger partial charge in [-0.05, 0) is 55.9 Å². The molecule has 0 spiro atoms. The molecule has 154 valence electrons. The van der Waals surface area contributed by atoms with Crippen molar-refractivity contribution in [3.8, 4) is 5.75 Å². The van der Waals surface area contributed by atoms with Gasteiger partial charge in [0, 0.05) is 25.2 Å². The second-order valence-electron chi connectivity index (χ2n) is 8.11. The number of ether oxygens (including phenoxy) is 2. The van der Waals surface area contributed by atoms with Crippen molar-refractivity contribution in [3.05, 3.63) is 29.8 Å². The number of hydrogen-bond donors (Lipinski definition) is 0. The lowest BCUT2D eigenvalue weighted by Gasteiger charge is -2.36. The van der Waals surface area contributed by atoms with Gasteiger partial charge < -0.3 is 19.3 Å². The number of carbonyl (C=O) groups excluding carboxylic acids is 2. The number of rotatable bonds is 6. The van der Waals surface area contributed by atoms with E-state index >= 15 is 0 Å². The first-order chi connectivity index (χ1) is 13.5. The Balaban J connectivity index is 1.55. The molecule has 6 nitrogen and oxygen atoms in total. The highest BCUT2D eigenvalue weighted by atomic mass is 16.5. The molecule has 2 saturated heterocycles. The zero-order valence-electron chi connectivity index (χ0n) is 17.1. The van der Waals surface area contributed by atoms with Crippen LogP contribution in [0.3, 0.4) is 0 Å². The average Bonchev–Trinajstić information content (AvgIpc) is 2.72. The van der Waals surface area contributed by atoms with Crippen LogP contribution in [0.5, 0.6) is 5.75 Å². The minimum Gasteiger partial charge on any atom is -0.484 e. The van der Waals surface area contributed by atoms with Gasteiger partial charge in [-0.2, -0.15) is 0 Å². The van der Waals surface area contributed by atoms with E-state index in [-0.39, 0.29) is 24.5 Å². The molecule has 2 amide bonds. The molecule has 0 N–H and O–H groups in total. The molecule has 6 heteroatoms. The second kappa shape index (κ2) is 9.92. The largest absolute Gasteiger partial charge is 0.484 e. The van der Waals surface area contributed by atoms with Gasteiger partial charge >= 0.3 is 0 Å². The molecule has 1 aromatic carbocycles. The van der Waals surface area contributed by atoms with Gasteiger partial charge in [0.05, 0.1) is 19.3 Å². The smallest absolute Gasteiger partial charge is 0.260 e. The van der Waals surface area contributed by atoms with Gasteiger partial charge in [-0.15, -0.1) is 0 Å². The van der Waals surface area contributed by atoms with E-state index in [2.05, 4.69) is 13.8 Å². The number of carbonyl (C=O) groups is 2. The first kappa shape index (κ1) is 20.6. The van der Waals surface area contributed by atoms with Crippen LogP contribution in [0.25, 0.3) is 0 Å². The third kappa shape index (κ3) is 5.47. The zero-order valence-corrected chi connectivity index (χ0v) is 17.1. The van der Waals surface area contributed by atoms with Gasteiger partial charge in [0.15, 0.2) is 6.61 Å². The lowest BCUT2D eigenvalue weighted by atomic mass is 10.0. The maximum absolute atomic E-state index is 12.9. The Labute approximate surface area is 167 Å². The number of nitrogens with zero attached hydrogens (tertiary/aromatic N) is 2. The molecule has 1 unspecified atom stereocenters. The summed E-state index contributed by atoms with van der Waals surface area (Å²) >= 11 is 0. The first-order valence-electron chi connectivity index (χ1n) is 10.4. The molecule has 2 heterocycles. The summed E-state index contributed by atoms with van der Waals surface area (Å²) in [6.07, 6.45) is 4.27. The van der Waals surface area contributed by atoms with E-state index in [4.69, 9.17) is 9.47 Å². The topological polar surface area (TPSA) is 59.1 Å². The van der Waals surface area contributed by atoms with E-state index in [0.29, 0.717) is 37.0 Å². The van der Waals surface area contributed by atoms with Crippen molar-refractivity contribution in [2.75, 3.05) is 39.5 Å². The highest BCUT2D eigenvalue weighted by Crippen LogP contribution is 2.20. The summed E-state index contributed by atoms with van der Waals surface area (Å²) in [5, 5.41) is 0. The van der Waals surface area contributed by atoms with Crippen molar-refractivity contribution in [2.45, 2.75) is 45.6 Å². The summed E-state index contributed by atoms with van der Waals surface area (Å²) in [5.41, 5.74) is 0.644. The number of hydrogen-bond acceptors (Lipinski definition) is 4. The van der Waals surface area contributed by atoms with Crippen LogP contribution in [-0.4, -0.2) is 67.1 Å². The number of benzene rings is 1. The van der Waals surface area contributed by atoms with Crippen LogP contribution in [-0.2, 0) is 9.53 Å². The summed E-state index contributed by atoms with van der Waals surface area (Å²) in [6.45, 7) is 7.83. The van der Waals surface area contributed by atoms with E-state index < -0.39 is 0 Å². The summed E-state index contributed by atoms with van der Waals surface area (Å²) in [7, 11) is 0. The Morgan fingerprint density at radius 3 is 2.50 bits per heavy atom. The molecule has 1 atom stereocenters. The molecule has 0 aromatic heterocycles. The van der Waals surface area contributed by atoms with E-state index in [1.54, 1.807) is 24.3 Å². The highest BCUT2D eigenvalue weighted by molar-refractivity contribution is 5.94. The Hall–Kier alpha value is -2.08. The van der Waals surface area contributed by atoms with Gasteiger partial charge in [0.2, 0.25) is 0 Å². The molecule has 28 heavy (non-hydrogen) atoms. The number of piperidine rings is 1. The van der Waals surface area contributed by atoms with Crippen LogP contribution in [0.2, 0.25) is 0 Å². The maximum atomic E-state index is 12.9. The molecule has 3 rings (SSSR count). The van der Waals surface area contributed by atoms with Crippen molar-refractivity contribution in [2.24, 2.45) is 5.92 Å². The molecule has 0 radical (unpaired) electrons. The van der Waals surface area contributed by atoms with Gasteiger partial charge in [0.1, 0.15) is 5.75 Å². The third-order valence-corrected chi connectivity index (χ3v) is 5.40. The van der Waals surface area contributed by atoms with E-state index in [9.17, 15) is 9.59 Å². The minimum atomic E-state index is 0.0321. The lowest BCUT2D eigenvalue weighted by molar-refractivity contribution is -0.134. The first-order valence-corrected chi connectivity index (χ1v) is 10.4. The Morgan fingerprint density at radius 1 is 1.11 bits per heavy atom. The summed E-state index contributed by atoms with van der Waals surface area (Å²) in [4.78, 5) is 28.9. The lowest BCUT2D eigenvalue weighted by Crippen LogP contribution is -2.49. The number of amides is 2. The second-order valence-corrected chi connectivity index (χ2v) is 8.11. The van der Waals surface area contributed by atoms with Gasteiger partial charge in [-0.25, -0.2) is 0 Å². The molecule has 1 aromatic rings. The van der Waals surface area contributed by atoms with Crippen molar-refractivity contribution < 1.29 is 19.1 Å². The van der Waals surface area contributed by atoms with Crippen LogP contribution in [0, 0.1) is 5.92 Å². The third-order valence-electron chi connectivity index (χ3n) is 5.40. The summed E-state index contributed by atoms with van der Waals surface area (Å²) in [5.74, 6) is 1.19. The predicted octanol–water partition coefficient (Wildman–Crippen LogP) is 2.97. The van der Waals surface area contributed by atoms with Gasteiger partial charge in [-0.1, -0.05) is 13.8 Å². The standard InChI is InChI=1S/C22H32N2O4/c1-17(2)14-19-15-27-13-12-24(19)22(26)18-6-8-20(9-7-18)28-16-21(25)23-10-4-3-5-11-23/h6-9,17,19H,3-5,10-16H2,1-2H3. The zero-order chi connectivity index (χ0) is 19.9. The fourth-order valence-corrected chi connectivity index (χ4v) is 3.90. The maximum Gasteiger partial charge on any atom is 0.260 e. The van der Waals surface area contributed by atoms with Crippen molar-refractivity contribution in [1.82, 2.24) is 9.80 Å². The van der Waals surface area contributed by atoms with Crippen LogP contribution in [0.15, 0.2) is 24.3 Å². The SMILES string of the molecule is CC(C)CC1COCCN1C(=O)c1ccc(OCC(=O)N2CCCCC2)cc1. The van der Waals surface area contributed by atoms with Crippen LogP contribution < -0.4 is 4.74 Å². The predicted molar refractivity (Wildman–Crippen MR) is 107 cm³/mol. The van der Waals surface area contributed by atoms with Crippen LogP contribution in [0.4, 0.5) is 0 Å². The normalized spacial score (nSPS) is 20.3. The molecule has 0 saturated carbocycles. The number of likely N-dealkylation sites (tertiary alicyclic amines) is 1. The van der Waals surface area contributed by atoms with E-state index in [1.165, 1.54) is 6.42 Å². The minimum absolute atomic E-state index is 0.0321. The molecule has 2 aliphatic rings. The highest BCUT2D eigenvalue weighted by Gasteiger charge is 2.28. The monoisotopic (exact) mass is 388 g/mol. The summed E-state index contributed by atoms with van der Waals surface area (Å²) in [6, 6.07) is 7.23. The van der Waals surface area contributed by atoms with Crippen molar-refractivity contribution >= 4 is 11.8 Å². The molecular formula is C22H32N2O4. The van der Waals surface area contributed by atoms with Crippen LogP contribution >= 0.6 is 0 Å². The van der Waals surface area contributed by atoms with Gasteiger partial charge in [-0.3, -0.25) is 9.59 Å².